The van der Waals surface area contributed by atoms with Crippen molar-refractivity contribution >= 4 is 27.2 Å². The van der Waals surface area contributed by atoms with E-state index in [2.05, 4.69) is 9.99 Å². The molecule has 0 N–H and O–H groups in total. The Labute approximate surface area is 114 Å². The van der Waals surface area contributed by atoms with Crippen LogP contribution in [0.4, 0.5) is 0 Å². The molecule has 0 bridgehead atoms. The van der Waals surface area contributed by atoms with Crippen LogP contribution in [0.1, 0.15) is 11.8 Å². The zero-order valence-electron chi connectivity index (χ0n) is 8.55. The number of oxime groups is 1. The minimum Gasteiger partial charge on any atom is -0.743 e. The van der Waals surface area contributed by atoms with E-state index in [1.807, 2.05) is 0 Å². The molecule has 5 nitrogen and oxygen atoms in total. The number of hydrogen-bond acceptors (Lipinski definition) is 6. The van der Waals surface area contributed by atoms with Crippen molar-refractivity contribution in [3.8, 4) is 0 Å². The Morgan fingerprint density at radius 3 is 2.53 bits per heavy atom. The van der Waals surface area contributed by atoms with Gasteiger partial charge in [0.05, 0.1) is 10.6 Å². The second kappa shape index (κ2) is 5.97. The topological polar surface area (TPSA) is 78.8 Å². The van der Waals surface area contributed by atoms with Crippen LogP contribution in [0, 0.1) is 0 Å². The van der Waals surface area contributed by atoms with Gasteiger partial charge < -0.3 is 9.39 Å². The largest absolute Gasteiger partial charge is 1.00 e. The van der Waals surface area contributed by atoms with Crippen molar-refractivity contribution in [2.75, 3.05) is 7.11 Å². The van der Waals surface area contributed by atoms with E-state index in [4.69, 9.17) is 0 Å². The summed E-state index contributed by atoms with van der Waals surface area (Å²) in [7, 11) is -2.97. The van der Waals surface area contributed by atoms with Gasteiger partial charge in [0.1, 0.15) is 21.4 Å². The van der Waals surface area contributed by atoms with Crippen molar-refractivity contribution < 1.29 is 47.4 Å². The summed E-state index contributed by atoms with van der Waals surface area (Å²) < 4.78 is 31.6. The fourth-order valence-corrected chi connectivity index (χ4v) is 2.42. The Hall–Kier alpha value is 0.0800. The van der Waals surface area contributed by atoms with Crippen LogP contribution < -0.4 is 29.6 Å². The van der Waals surface area contributed by atoms with Gasteiger partial charge in [-0.25, -0.2) is 8.42 Å². The van der Waals surface area contributed by atoms with Gasteiger partial charge in [-0.3, -0.25) is 0 Å². The molecule has 78 valence electrons. The Kier molecular flexibility index (Phi) is 6.01. The molecular formula is C7H8NNaO4S2. The summed E-state index contributed by atoms with van der Waals surface area (Å²) in [6.07, 6.45) is 0. The van der Waals surface area contributed by atoms with E-state index < -0.39 is 10.1 Å². The van der Waals surface area contributed by atoms with Gasteiger partial charge >= 0.3 is 29.6 Å². The van der Waals surface area contributed by atoms with Crippen molar-refractivity contribution in [2.45, 2.75) is 11.1 Å². The quantitative estimate of drug-likeness (QED) is 0.272. The summed E-state index contributed by atoms with van der Waals surface area (Å²) in [6.45, 7) is 1.66. The molecule has 0 aliphatic carbocycles. The molecular weight excluding hydrogens is 249 g/mol. The zero-order chi connectivity index (χ0) is 10.8. The molecule has 0 aromatic carbocycles. The van der Waals surface area contributed by atoms with E-state index in [0.717, 1.165) is 11.3 Å². The second-order valence-corrected chi connectivity index (χ2v) is 5.12. The van der Waals surface area contributed by atoms with Gasteiger partial charge in [0.15, 0.2) is 0 Å². The molecule has 0 aliphatic rings. The number of nitrogens with zero attached hydrogens (tertiary/aromatic N) is 1. The molecule has 15 heavy (non-hydrogen) atoms. The van der Waals surface area contributed by atoms with Gasteiger partial charge in [0.2, 0.25) is 0 Å². The van der Waals surface area contributed by atoms with Crippen LogP contribution in [0.2, 0.25) is 0 Å². The van der Waals surface area contributed by atoms with E-state index in [1.54, 1.807) is 6.92 Å². The molecule has 0 radical (unpaired) electrons. The van der Waals surface area contributed by atoms with Crippen LogP contribution in [-0.4, -0.2) is 25.8 Å². The minimum absolute atomic E-state index is 0. The predicted octanol–water partition coefficient (Wildman–Crippen LogP) is -1.97. The van der Waals surface area contributed by atoms with Gasteiger partial charge in [-0.05, 0) is 19.1 Å². The van der Waals surface area contributed by atoms with Crippen LogP contribution >= 0.6 is 11.3 Å². The number of thiophene rings is 1. The summed E-state index contributed by atoms with van der Waals surface area (Å²) in [4.78, 5) is 5.12. The second-order valence-electron chi connectivity index (χ2n) is 2.43. The maximum atomic E-state index is 10.6. The average molecular weight is 257 g/mol. The number of hydrogen-bond donors (Lipinski definition) is 0. The molecule has 0 saturated heterocycles. The monoisotopic (exact) mass is 257 g/mol. The summed E-state index contributed by atoms with van der Waals surface area (Å²) in [6, 6.07) is 2.78. The van der Waals surface area contributed by atoms with Gasteiger partial charge in [-0.1, -0.05) is 5.16 Å². The first kappa shape index (κ1) is 15.1. The summed E-state index contributed by atoms with van der Waals surface area (Å²) in [5.41, 5.74) is 0.535. The van der Waals surface area contributed by atoms with Crippen LogP contribution in [0.5, 0.6) is 0 Å². The number of rotatable bonds is 3. The van der Waals surface area contributed by atoms with E-state index in [9.17, 15) is 13.0 Å². The first-order valence-corrected chi connectivity index (χ1v) is 5.81. The van der Waals surface area contributed by atoms with Gasteiger partial charge in [0, 0.05) is 0 Å². The van der Waals surface area contributed by atoms with Crippen molar-refractivity contribution in [2.24, 2.45) is 5.16 Å². The van der Waals surface area contributed by atoms with E-state index >= 15 is 0 Å². The smallest absolute Gasteiger partial charge is 0.743 e. The molecule has 8 heteroatoms. The third kappa shape index (κ3) is 4.21. The van der Waals surface area contributed by atoms with Gasteiger partial charge in [-0.2, -0.15) is 0 Å². The standard InChI is InChI=1S/C7H9NO4S2.Na/c1-5(8-12-2)6-3-4-7(13-6)14(9,10)11;/h3-4H,1-2H3,(H,9,10,11);/q;+1/p-1/b8-5+;. The van der Waals surface area contributed by atoms with Gasteiger partial charge in [-0.15, -0.1) is 11.3 Å². The molecule has 0 spiro atoms. The Morgan fingerprint density at radius 1 is 1.53 bits per heavy atom. The Balaban J connectivity index is 0.00000196. The molecule has 0 aliphatic heterocycles. The summed E-state index contributed by atoms with van der Waals surface area (Å²) in [5.74, 6) is 0. The zero-order valence-corrected chi connectivity index (χ0v) is 12.2. The fourth-order valence-electron chi connectivity index (χ4n) is 0.831. The third-order valence-corrected chi connectivity index (χ3v) is 3.89. The van der Waals surface area contributed by atoms with E-state index in [0.29, 0.717) is 10.6 Å². The maximum absolute atomic E-state index is 10.6. The van der Waals surface area contributed by atoms with Crippen molar-refractivity contribution in [1.82, 2.24) is 0 Å². The molecule has 0 amide bonds. The molecule has 0 unspecified atom stereocenters. The van der Waals surface area contributed by atoms with Crippen LogP contribution in [0.25, 0.3) is 0 Å². The maximum Gasteiger partial charge on any atom is 1.00 e. The van der Waals surface area contributed by atoms with Crippen LogP contribution in [0.15, 0.2) is 21.5 Å². The molecule has 1 aromatic rings. The minimum atomic E-state index is -4.36. The molecule has 1 heterocycles. The average Bonchev–Trinajstić information content (AvgIpc) is 2.51. The van der Waals surface area contributed by atoms with Crippen LogP contribution in [0.3, 0.4) is 0 Å². The first-order valence-electron chi connectivity index (χ1n) is 3.59. The van der Waals surface area contributed by atoms with Crippen molar-refractivity contribution in [3.63, 3.8) is 0 Å². The molecule has 0 atom stereocenters. The Bertz CT molecular complexity index is 451. The van der Waals surface area contributed by atoms with E-state index in [-0.39, 0.29) is 33.8 Å². The SMILES string of the molecule is CO/N=C(\C)c1ccc(S(=O)(=O)[O-])s1.[Na+]. The Morgan fingerprint density at radius 2 is 2.13 bits per heavy atom. The first-order chi connectivity index (χ1) is 6.45. The normalized spacial score (nSPS) is 12.1. The van der Waals surface area contributed by atoms with E-state index in [1.165, 1.54) is 19.2 Å². The third-order valence-electron chi connectivity index (χ3n) is 1.41. The molecule has 1 rings (SSSR count). The fraction of sp³-hybridized carbons (Fsp3) is 0.286. The van der Waals surface area contributed by atoms with Crippen LogP contribution in [-0.2, 0) is 15.0 Å². The van der Waals surface area contributed by atoms with Crippen molar-refractivity contribution in [3.05, 3.63) is 17.0 Å². The summed E-state index contributed by atoms with van der Waals surface area (Å²) >= 11 is 0.877. The van der Waals surface area contributed by atoms with Crippen molar-refractivity contribution in [1.29, 1.82) is 0 Å². The molecule has 0 saturated carbocycles. The summed E-state index contributed by atoms with van der Waals surface area (Å²) in [5, 5.41) is 3.62. The van der Waals surface area contributed by atoms with Gasteiger partial charge in [0.25, 0.3) is 0 Å². The molecule has 1 aromatic heterocycles. The predicted molar refractivity (Wildman–Crippen MR) is 51.5 cm³/mol. The molecule has 0 fully saturated rings.